The average molecular weight is 616 g/mol. The van der Waals surface area contributed by atoms with Crippen molar-refractivity contribution >= 4 is 41.4 Å². The monoisotopic (exact) mass is 615 g/mol. The number of aliphatic imine (C=N–C) groups is 1. The molecule has 0 spiro atoms. The molecular formula is C29H41N7O6S. The standard InChI is InChI=1S/C29H41N7O6S/c1-43-15-13-23(34-25(38)21(30)16-19-9-11-20(37)12-10-19)27(40)35-22(8-5-14-33-29(31)32)26(39)36-24(28(41)42)17-18-6-3-2-4-7-18/h2-4,6-7,9-12,21-24,37H,5,8,13-17,30H2,1H3,(H,34,38)(H,35,40)(H,36,39)(H,41,42)(H4,31,32,33)/t21-,22-,23+,24+/m1/s1. The summed E-state index contributed by atoms with van der Waals surface area (Å²) < 4.78 is 0. The molecule has 0 bridgehead atoms. The third kappa shape index (κ3) is 13.0. The summed E-state index contributed by atoms with van der Waals surface area (Å²) >= 11 is 1.47. The van der Waals surface area contributed by atoms with Crippen molar-refractivity contribution in [3.8, 4) is 5.75 Å². The van der Waals surface area contributed by atoms with Gasteiger partial charge in [0.05, 0.1) is 6.04 Å². The number of hydrogen-bond acceptors (Lipinski definition) is 8. The maximum absolute atomic E-state index is 13.4. The first-order chi connectivity index (χ1) is 20.5. The van der Waals surface area contributed by atoms with E-state index in [-0.39, 0.29) is 43.9 Å². The van der Waals surface area contributed by atoms with E-state index < -0.39 is 47.9 Å². The van der Waals surface area contributed by atoms with Crippen LogP contribution in [0.1, 0.15) is 30.4 Å². The molecule has 0 saturated carbocycles. The second-order valence-corrected chi connectivity index (χ2v) is 10.9. The highest BCUT2D eigenvalue weighted by atomic mass is 32.2. The number of hydrogen-bond donors (Lipinski definition) is 8. The van der Waals surface area contributed by atoms with Gasteiger partial charge in [-0.05, 0) is 61.0 Å². The Kier molecular flexibility index (Phi) is 14.8. The largest absolute Gasteiger partial charge is 0.508 e. The topological polar surface area (TPSA) is 235 Å². The Hall–Kier alpha value is -4.30. The number of nitrogens with one attached hydrogen (secondary N) is 3. The molecule has 0 saturated heterocycles. The van der Waals surface area contributed by atoms with Crippen LogP contribution in [0.5, 0.6) is 5.75 Å². The summed E-state index contributed by atoms with van der Waals surface area (Å²) in [7, 11) is 0. The highest BCUT2D eigenvalue weighted by Gasteiger charge is 2.30. The number of phenolic OH excluding ortho intramolecular Hbond substituents is 1. The van der Waals surface area contributed by atoms with Crippen LogP contribution in [0.15, 0.2) is 59.6 Å². The zero-order valence-electron chi connectivity index (χ0n) is 24.1. The highest BCUT2D eigenvalue weighted by molar-refractivity contribution is 7.98. The molecule has 11 N–H and O–H groups in total. The normalized spacial score (nSPS) is 13.5. The molecule has 0 fully saturated rings. The van der Waals surface area contributed by atoms with E-state index in [2.05, 4.69) is 20.9 Å². The molecule has 43 heavy (non-hydrogen) atoms. The van der Waals surface area contributed by atoms with E-state index >= 15 is 0 Å². The Bertz CT molecular complexity index is 1230. The molecule has 4 atom stereocenters. The Morgan fingerprint density at radius 1 is 0.814 bits per heavy atom. The van der Waals surface area contributed by atoms with Gasteiger partial charge in [0.15, 0.2) is 5.96 Å². The number of aromatic hydroxyl groups is 1. The molecule has 0 heterocycles. The summed E-state index contributed by atoms with van der Waals surface area (Å²) in [6.07, 6.45) is 2.76. The van der Waals surface area contributed by atoms with Gasteiger partial charge in [-0.25, -0.2) is 4.79 Å². The summed E-state index contributed by atoms with van der Waals surface area (Å²) in [4.78, 5) is 55.5. The number of carboxylic acids is 1. The van der Waals surface area contributed by atoms with Crippen molar-refractivity contribution in [2.45, 2.75) is 56.3 Å². The molecule has 0 aromatic heterocycles. The number of guanidine groups is 1. The van der Waals surface area contributed by atoms with Crippen molar-refractivity contribution in [1.29, 1.82) is 0 Å². The van der Waals surface area contributed by atoms with Gasteiger partial charge in [-0.15, -0.1) is 0 Å². The summed E-state index contributed by atoms with van der Waals surface area (Å²) in [5.74, 6) is -2.60. The highest BCUT2D eigenvalue weighted by Crippen LogP contribution is 2.12. The van der Waals surface area contributed by atoms with Crippen LogP contribution in [0.4, 0.5) is 0 Å². The molecule has 0 aliphatic rings. The minimum atomic E-state index is -1.24. The van der Waals surface area contributed by atoms with Crippen LogP contribution in [-0.4, -0.2) is 82.6 Å². The molecule has 2 aromatic rings. The summed E-state index contributed by atoms with van der Waals surface area (Å²) in [5.41, 5.74) is 18.3. The Morgan fingerprint density at radius 3 is 1.95 bits per heavy atom. The van der Waals surface area contributed by atoms with E-state index in [9.17, 15) is 29.4 Å². The summed E-state index contributed by atoms with van der Waals surface area (Å²) in [6.45, 7) is 0.188. The van der Waals surface area contributed by atoms with Gasteiger partial charge in [0.1, 0.15) is 23.9 Å². The number of nitrogens with two attached hydrogens (primary N) is 3. The Morgan fingerprint density at radius 2 is 1.37 bits per heavy atom. The molecule has 0 aliphatic carbocycles. The van der Waals surface area contributed by atoms with Crippen molar-refractivity contribution in [2.75, 3.05) is 18.6 Å². The number of phenols is 1. The van der Waals surface area contributed by atoms with Crippen molar-refractivity contribution in [1.82, 2.24) is 16.0 Å². The Labute approximate surface area is 255 Å². The van der Waals surface area contributed by atoms with Crippen LogP contribution in [0.25, 0.3) is 0 Å². The van der Waals surface area contributed by atoms with Crippen LogP contribution in [0, 0.1) is 0 Å². The van der Waals surface area contributed by atoms with Gasteiger partial charge in [-0.1, -0.05) is 42.5 Å². The molecule has 3 amide bonds. The number of rotatable bonds is 18. The lowest BCUT2D eigenvalue weighted by Crippen LogP contribution is -2.57. The van der Waals surface area contributed by atoms with Crippen LogP contribution in [-0.2, 0) is 32.0 Å². The summed E-state index contributed by atoms with van der Waals surface area (Å²) in [5, 5.41) is 27.1. The van der Waals surface area contributed by atoms with Crippen molar-refractivity contribution in [3.05, 3.63) is 65.7 Å². The van der Waals surface area contributed by atoms with E-state index in [0.717, 1.165) is 5.56 Å². The number of carbonyl (C=O) groups is 4. The first-order valence-electron chi connectivity index (χ1n) is 13.8. The lowest BCUT2D eigenvalue weighted by Gasteiger charge is -2.25. The quantitative estimate of drug-likeness (QED) is 0.0627. The van der Waals surface area contributed by atoms with Crippen molar-refractivity contribution in [2.24, 2.45) is 22.2 Å². The van der Waals surface area contributed by atoms with Gasteiger partial charge >= 0.3 is 5.97 Å². The molecule has 0 unspecified atom stereocenters. The lowest BCUT2D eigenvalue weighted by molar-refractivity contribution is -0.142. The van der Waals surface area contributed by atoms with E-state index in [4.69, 9.17) is 17.2 Å². The SMILES string of the molecule is CSCC[C@H](NC(=O)[C@H](N)Cc1ccc(O)cc1)C(=O)N[C@H](CCCN=C(N)N)C(=O)N[C@@H](Cc1ccccc1)C(=O)O. The molecule has 14 heteroatoms. The number of thioether (sulfide) groups is 1. The lowest BCUT2D eigenvalue weighted by atomic mass is 10.0. The minimum absolute atomic E-state index is 0.0436. The van der Waals surface area contributed by atoms with Crippen LogP contribution < -0.4 is 33.2 Å². The van der Waals surface area contributed by atoms with E-state index in [1.807, 2.05) is 6.26 Å². The second-order valence-electron chi connectivity index (χ2n) is 9.92. The van der Waals surface area contributed by atoms with E-state index in [1.54, 1.807) is 42.5 Å². The zero-order valence-corrected chi connectivity index (χ0v) is 24.9. The van der Waals surface area contributed by atoms with Gasteiger partial charge in [-0.2, -0.15) is 11.8 Å². The maximum Gasteiger partial charge on any atom is 0.326 e. The van der Waals surface area contributed by atoms with Crippen molar-refractivity contribution in [3.63, 3.8) is 0 Å². The Balaban J connectivity index is 2.15. The van der Waals surface area contributed by atoms with E-state index in [0.29, 0.717) is 17.7 Å². The third-order valence-corrected chi connectivity index (χ3v) is 7.09. The van der Waals surface area contributed by atoms with Gasteiger partial charge in [0.25, 0.3) is 0 Å². The number of benzene rings is 2. The number of amides is 3. The van der Waals surface area contributed by atoms with Gasteiger partial charge in [-0.3, -0.25) is 19.4 Å². The van der Waals surface area contributed by atoms with Crippen LogP contribution in [0.3, 0.4) is 0 Å². The predicted molar refractivity (Wildman–Crippen MR) is 166 cm³/mol. The predicted octanol–water partition coefficient (Wildman–Crippen LogP) is -0.150. The first kappa shape index (κ1) is 34.9. The molecule has 0 radical (unpaired) electrons. The smallest absolute Gasteiger partial charge is 0.326 e. The molecule has 2 rings (SSSR count). The van der Waals surface area contributed by atoms with Crippen LogP contribution in [0.2, 0.25) is 0 Å². The fourth-order valence-electron chi connectivity index (χ4n) is 4.13. The maximum atomic E-state index is 13.4. The number of aliphatic carboxylic acids is 1. The fourth-order valence-corrected chi connectivity index (χ4v) is 4.60. The molecule has 0 aliphatic heterocycles. The molecule has 13 nitrogen and oxygen atoms in total. The fraction of sp³-hybridized carbons (Fsp3) is 0.414. The van der Waals surface area contributed by atoms with Crippen molar-refractivity contribution < 1.29 is 29.4 Å². The number of nitrogens with zero attached hydrogens (tertiary/aromatic N) is 1. The summed E-state index contributed by atoms with van der Waals surface area (Å²) in [6, 6.07) is 10.8. The zero-order chi connectivity index (χ0) is 31.8. The van der Waals surface area contributed by atoms with Gasteiger partial charge in [0, 0.05) is 13.0 Å². The van der Waals surface area contributed by atoms with E-state index in [1.165, 1.54) is 23.9 Å². The van der Waals surface area contributed by atoms with Gasteiger partial charge in [0.2, 0.25) is 17.7 Å². The van der Waals surface area contributed by atoms with Crippen LogP contribution >= 0.6 is 11.8 Å². The molecule has 234 valence electrons. The minimum Gasteiger partial charge on any atom is -0.508 e. The number of carbonyl (C=O) groups excluding carboxylic acids is 3. The number of carboxylic acid groups (broad SMARTS) is 1. The molecular weight excluding hydrogens is 574 g/mol. The second kappa shape index (κ2) is 18.3. The first-order valence-corrected chi connectivity index (χ1v) is 15.1. The third-order valence-electron chi connectivity index (χ3n) is 6.45. The van der Waals surface area contributed by atoms with Gasteiger partial charge < -0.3 is 43.4 Å². The average Bonchev–Trinajstić information content (AvgIpc) is 2.97. The molecule has 2 aromatic carbocycles.